The standard InChI is InChI=1S/C21H21NO3/c1-4-15-5-9-17(10-6-15)22-21(23)19-13-20(25-14(19)2)16-7-11-18(24-3)12-8-16/h5-13H,4H2,1-3H3,(H,22,23). The molecule has 0 aliphatic carbocycles. The summed E-state index contributed by atoms with van der Waals surface area (Å²) in [7, 11) is 1.63. The summed E-state index contributed by atoms with van der Waals surface area (Å²) in [5.74, 6) is 1.85. The molecule has 1 aromatic heterocycles. The minimum absolute atomic E-state index is 0.176. The molecule has 128 valence electrons. The molecule has 0 aliphatic rings. The molecule has 2 aromatic carbocycles. The Morgan fingerprint density at radius 1 is 1.08 bits per heavy atom. The fraction of sp³-hybridized carbons (Fsp3) is 0.190. The molecule has 25 heavy (non-hydrogen) atoms. The SMILES string of the molecule is CCc1ccc(NC(=O)c2cc(-c3ccc(OC)cc3)oc2C)cc1. The van der Waals surface area contributed by atoms with E-state index in [0.29, 0.717) is 17.1 Å². The van der Waals surface area contributed by atoms with Gasteiger partial charge in [0.25, 0.3) is 5.91 Å². The van der Waals surface area contributed by atoms with E-state index in [2.05, 4.69) is 12.2 Å². The van der Waals surface area contributed by atoms with E-state index in [0.717, 1.165) is 23.4 Å². The molecular formula is C21H21NO3. The van der Waals surface area contributed by atoms with Crippen LogP contribution in [0.1, 0.15) is 28.6 Å². The predicted molar refractivity (Wildman–Crippen MR) is 99.2 cm³/mol. The second-order valence-corrected chi connectivity index (χ2v) is 5.81. The largest absolute Gasteiger partial charge is 0.497 e. The van der Waals surface area contributed by atoms with Crippen LogP contribution in [0, 0.1) is 6.92 Å². The zero-order valence-corrected chi connectivity index (χ0v) is 14.6. The number of rotatable bonds is 5. The van der Waals surface area contributed by atoms with Gasteiger partial charge in [-0.25, -0.2) is 0 Å². The maximum absolute atomic E-state index is 12.5. The number of methoxy groups -OCH3 is 1. The molecule has 0 saturated carbocycles. The minimum atomic E-state index is -0.176. The van der Waals surface area contributed by atoms with E-state index in [-0.39, 0.29) is 5.91 Å². The first kappa shape index (κ1) is 16.8. The van der Waals surface area contributed by atoms with Gasteiger partial charge in [0.15, 0.2) is 0 Å². The van der Waals surface area contributed by atoms with Crippen LogP contribution >= 0.6 is 0 Å². The predicted octanol–water partition coefficient (Wildman–Crippen LogP) is 5.08. The van der Waals surface area contributed by atoms with Crippen molar-refractivity contribution >= 4 is 11.6 Å². The van der Waals surface area contributed by atoms with E-state index in [1.807, 2.05) is 48.5 Å². The number of aryl methyl sites for hydroxylation is 2. The molecule has 0 unspecified atom stereocenters. The number of anilines is 1. The van der Waals surface area contributed by atoms with E-state index in [4.69, 9.17) is 9.15 Å². The van der Waals surface area contributed by atoms with Crippen molar-refractivity contribution in [2.75, 3.05) is 12.4 Å². The first-order chi connectivity index (χ1) is 12.1. The number of carbonyl (C=O) groups is 1. The average Bonchev–Trinajstić information content (AvgIpc) is 3.04. The third-order valence-electron chi connectivity index (χ3n) is 4.16. The van der Waals surface area contributed by atoms with Crippen molar-refractivity contribution in [1.82, 2.24) is 0 Å². The van der Waals surface area contributed by atoms with Gasteiger partial charge in [-0.3, -0.25) is 4.79 Å². The number of nitrogens with one attached hydrogen (secondary N) is 1. The first-order valence-corrected chi connectivity index (χ1v) is 8.26. The molecule has 1 heterocycles. The summed E-state index contributed by atoms with van der Waals surface area (Å²) in [4.78, 5) is 12.5. The maximum atomic E-state index is 12.5. The van der Waals surface area contributed by atoms with Crippen molar-refractivity contribution in [3.8, 4) is 17.1 Å². The lowest BCUT2D eigenvalue weighted by Crippen LogP contribution is -2.12. The van der Waals surface area contributed by atoms with E-state index >= 15 is 0 Å². The van der Waals surface area contributed by atoms with Gasteiger partial charge in [0, 0.05) is 11.3 Å². The van der Waals surface area contributed by atoms with E-state index in [1.165, 1.54) is 5.56 Å². The highest BCUT2D eigenvalue weighted by Crippen LogP contribution is 2.27. The van der Waals surface area contributed by atoms with Crippen molar-refractivity contribution in [3.63, 3.8) is 0 Å². The fourth-order valence-corrected chi connectivity index (χ4v) is 2.63. The first-order valence-electron chi connectivity index (χ1n) is 8.26. The van der Waals surface area contributed by atoms with Crippen LogP contribution in [0.2, 0.25) is 0 Å². The molecule has 1 N–H and O–H groups in total. The Morgan fingerprint density at radius 3 is 2.36 bits per heavy atom. The van der Waals surface area contributed by atoms with Crippen molar-refractivity contribution in [3.05, 3.63) is 71.5 Å². The summed E-state index contributed by atoms with van der Waals surface area (Å²) in [6.45, 7) is 3.89. The number of benzene rings is 2. The van der Waals surface area contributed by atoms with Crippen molar-refractivity contribution in [1.29, 1.82) is 0 Å². The zero-order valence-electron chi connectivity index (χ0n) is 14.6. The number of amides is 1. The molecule has 3 rings (SSSR count). The van der Waals surface area contributed by atoms with Gasteiger partial charge < -0.3 is 14.5 Å². The Hall–Kier alpha value is -3.01. The van der Waals surface area contributed by atoms with Crippen LogP contribution < -0.4 is 10.1 Å². The molecule has 0 bridgehead atoms. The Morgan fingerprint density at radius 2 is 1.76 bits per heavy atom. The molecule has 0 saturated heterocycles. The summed E-state index contributed by atoms with van der Waals surface area (Å²) in [6, 6.07) is 17.2. The molecular weight excluding hydrogens is 314 g/mol. The van der Waals surface area contributed by atoms with Gasteiger partial charge in [-0.1, -0.05) is 19.1 Å². The smallest absolute Gasteiger partial charge is 0.259 e. The van der Waals surface area contributed by atoms with Crippen molar-refractivity contribution in [2.24, 2.45) is 0 Å². The third-order valence-corrected chi connectivity index (χ3v) is 4.16. The second-order valence-electron chi connectivity index (χ2n) is 5.81. The number of hydrogen-bond donors (Lipinski definition) is 1. The number of furan rings is 1. The topological polar surface area (TPSA) is 51.5 Å². The molecule has 4 heteroatoms. The van der Waals surface area contributed by atoms with Gasteiger partial charge in [-0.05, 0) is 61.4 Å². The molecule has 0 atom stereocenters. The van der Waals surface area contributed by atoms with Crippen LogP contribution in [0.5, 0.6) is 5.75 Å². The Bertz CT molecular complexity index is 861. The Balaban J connectivity index is 1.79. The van der Waals surface area contributed by atoms with Crippen LogP contribution in [0.4, 0.5) is 5.69 Å². The molecule has 4 nitrogen and oxygen atoms in total. The molecule has 0 fully saturated rings. The fourth-order valence-electron chi connectivity index (χ4n) is 2.63. The summed E-state index contributed by atoms with van der Waals surface area (Å²) in [6.07, 6.45) is 0.973. The van der Waals surface area contributed by atoms with E-state index in [9.17, 15) is 4.79 Å². The summed E-state index contributed by atoms with van der Waals surface area (Å²) in [5, 5.41) is 2.91. The summed E-state index contributed by atoms with van der Waals surface area (Å²) >= 11 is 0. The molecule has 0 radical (unpaired) electrons. The molecule has 3 aromatic rings. The highest BCUT2D eigenvalue weighted by atomic mass is 16.5. The Kier molecular flexibility index (Phi) is 4.89. The lowest BCUT2D eigenvalue weighted by atomic mass is 10.1. The number of carbonyl (C=O) groups excluding carboxylic acids is 1. The van der Waals surface area contributed by atoms with Crippen LogP contribution in [0.15, 0.2) is 59.0 Å². The van der Waals surface area contributed by atoms with Crippen LogP contribution in [0.25, 0.3) is 11.3 Å². The normalized spacial score (nSPS) is 10.5. The quantitative estimate of drug-likeness (QED) is 0.707. The maximum Gasteiger partial charge on any atom is 0.259 e. The summed E-state index contributed by atoms with van der Waals surface area (Å²) in [5.41, 5.74) is 3.44. The summed E-state index contributed by atoms with van der Waals surface area (Å²) < 4.78 is 10.9. The van der Waals surface area contributed by atoms with E-state index in [1.54, 1.807) is 20.1 Å². The molecule has 0 spiro atoms. The lowest BCUT2D eigenvalue weighted by molar-refractivity contribution is 0.102. The highest BCUT2D eigenvalue weighted by molar-refractivity contribution is 6.05. The Labute approximate surface area is 147 Å². The molecule has 0 aliphatic heterocycles. The van der Waals surface area contributed by atoms with Crippen molar-refractivity contribution in [2.45, 2.75) is 20.3 Å². The van der Waals surface area contributed by atoms with Gasteiger partial charge in [0.05, 0.1) is 12.7 Å². The van der Waals surface area contributed by atoms with Crippen LogP contribution in [-0.4, -0.2) is 13.0 Å². The average molecular weight is 335 g/mol. The lowest BCUT2D eigenvalue weighted by Gasteiger charge is -2.05. The second kappa shape index (κ2) is 7.26. The van der Waals surface area contributed by atoms with Gasteiger partial charge in [0.1, 0.15) is 17.3 Å². The number of ether oxygens (including phenoxy) is 1. The van der Waals surface area contributed by atoms with Gasteiger partial charge in [-0.15, -0.1) is 0 Å². The third kappa shape index (κ3) is 3.74. The number of hydrogen-bond acceptors (Lipinski definition) is 3. The van der Waals surface area contributed by atoms with Gasteiger partial charge in [0.2, 0.25) is 0 Å². The van der Waals surface area contributed by atoms with E-state index < -0.39 is 0 Å². The van der Waals surface area contributed by atoms with Crippen molar-refractivity contribution < 1.29 is 13.9 Å². The highest BCUT2D eigenvalue weighted by Gasteiger charge is 2.16. The zero-order chi connectivity index (χ0) is 17.8. The van der Waals surface area contributed by atoms with Crippen LogP contribution in [0.3, 0.4) is 0 Å². The van der Waals surface area contributed by atoms with Gasteiger partial charge >= 0.3 is 0 Å². The minimum Gasteiger partial charge on any atom is -0.497 e. The van der Waals surface area contributed by atoms with Crippen LogP contribution in [-0.2, 0) is 6.42 Å². The molecule has 1 amide bonds. The monoisotopic (exact) mass is 335 g/mol. The van der Waals surface area contributed by atoms with Gasteiger partial charge in [-0.2, -0.15) is 0 Å².